The van der Waals surface area contributed by atoms with E-state index >= 15 is 0 Å². The third-order valence-corrected chi connectivity index (χ3v) is 8.26. The van der Waals surface area contributed by atoms with E-state index in [1.54, 1.807) is 5.56 Å². The molecule has 6 rings (SSSR count). The van der Waals surface area contributed by atoms with Gasteiger partial charge in [-0.1, -0.05) is 57.2 Å². The van der Waals surface area contributed by atoms with Crippen LogP contribution < -0.4 is 0 Å². The van der Waals surface area contributed by atoms with Crippen LogP contribution in [-0.2, 0) is 10.8 Å². The molecule has 0 N–H and O–H groups in total. The first-order valence-electron chi connectivity index (χ1n) is 11.5. The smallest absolute Gasteiger partial charge is 0.00390 e. The summed E-state index contributed by atoms with van der Waals surface area (Å²) < 4.78 is 0. The molecule has 0 heteroatoms. The summed E-state index contributed by atoms with van der Waals surface area (Å²) in [6.45, 7) is 11.5. The fourth-order valence-corrected chi connectivity index (χ4v) is 7.19. The van der Waals surface area contributed by atoms with Crippen molar-refractivity contribution in [1.82, 2.24) is 0 Å². The Balaban J connectivity index is 1.50. The Bertz CT molecular complexity index is 873. The Kier molecular flexibility index (Phi) is 4.10. The van der Waals surface area contributed by atoms with E-state index in [0.717, 1.165) is 17.8 Å². The van der Waals surface area contributed by atoms with Crippen LogP contribution >= 0.6 is 0 Å². The normalized spacial score (nSPS) is 31.4. The van der Waals surface area contributed by atoms with Crippen LogP contribution in [0.25, 0.3) is 11.1 Å². The summed E-state index contributed by atoms with van der Waals surface area (Å²) in [6.07, 6.45) is 8.94. The van der Waals surface area contributed by atoms with Gasteiger partial charge in [-0.2, -0.15) is 0 Å². The van der Waals surface area contributed by atoms with Crippen LogP contribution in [-0.4, -0.2) is 0 Å². The monoisotopic (exact) mass is 372 g/mol. The molecule has 0 unspecified atom stereocenters. The lowest BCUT2D eigenvalue weighted by Gasteiger charge is -2.57. The highest BCUT2D eigenvalue weighted by Gasteiger charge is 2.51. The highest BCUT2D eigenvalue weighted by atomic mass is 14.6. The van der Waals surface area contributed by atoms with Gasteiger partial charge in [0, 0.05) is 0 Å². The van der Waals surface area contributed by atoms with Crippen molar-refractivity contribution in [3.63, 3.8) is 0 Å². The average Bonchev–Trinajstić information content (AvgIpc) is 2.60. The van der Waals surface area contributed by atoms with E-state index in [4.69, 9.17) is 0 Å². The summed E-state index contributed by atoms with van der Waals surface area (Å²) in [4.78, 5) is 0. The second kappa shape index (κ2) is 6.22. The summed E-state index contributed by atoms with van der Waals surface area (Å²) in [6, 6.07) is 14.5. The fourth-order valence-electron chi connectivity index (χ4n) is 7.19. The Hall–Kier alpha value is -1.56. The molecule has 2 aromatic rings. The molecule has 4 fully saturated rings. The van der Waals surface area contributed by atoms with Gasteiger partial charge in [-0.15, -0.1) is 0 Å². The van der Waals surface area contributed by atoms with Gasteiger partial charge in [0.25, 0.3) is 0 Å². The van der Waals surface area contributed by atoms with Gasteiger partial charge in [0.1, 0.15) is 0 Å². The van der Waals surface area contributed by atoms with Gasteiger partial charge in [0.05, 0.1) is 0 Å². The third kappa shape index (κ3) is 2.95. The van der Waals surface area contributed by atoms with Crippen LogP contribution in [0.15, 0.2) is 36.4 Å². The zero-order chi connectivity index (χ0) is 19.7. The predicted octanol–water partition coefficient (Wildman–Crippen LogP) is 7.74. The van der Waals surface area contributed by atoms with Crippen LogP contribution in [0.1, 0.15) is 81.5 Å². The molecule has 0 heterocycles. The van der Waals surface area contributed by atoms with Crippen molar-refractivity contribution in [2.45, 2.75) is 84.0 Å². The quantitative estimate of drug-likeness (QED) is 0.506. The van der Waals surface area contributed by atoms with Gasteiger partial charge < -0.3 is 0 Å². The number of hydrogen-bond acceptors (Lipinski definition) is 0. The molecule has 0 aliphatic heterocycles. The van der Waals surface area contributed by atoms with E-state index in [9.17, 15) is 0 Å². The number of aryl methyl sites for hydroxylation is 2. The minimum Gasteiger partial charge on any atom is -0.0579 e. The summed E-state index contributed by atoms with van der Waals surface area (Å²) in [5.41, 5.74) is 9.48. The lowest BCUT2D eigenvalue weighted by molar-refractivity contribution is -0.00520. The van der Waals surface area contributed by atoms with Crippen LogP contribution in [0, 0.1) is 31.6 Å². The van der Waals surface area contributed by atoms with E-state index in [1.165, 1.54) is 66.3 Å². The number of hydrogen-bond donors (Lipinski definition) is 0. The van der Waals surface area contributed by atoms with Crippen molar-refractivity contribution in [3.05, 3.63) is 58.7 Å². The maximum atomic E-state index is 2.56. The summed E-state index contributed by atoms with van der Waals surface area (Å²) >= 11 is 0. The van der Waals surface area contributed by atoms with Crippen LogP contribution in [0.3, 0.4) is 0 Å². The van der Waals surface area contributed by atoms with Gasteiger partial charge in [-0.25, -0.2) is 0 Å². The first kappa shape index (κ1) is 18.5. The zero-order valence-corrected chi connectivity index (χ0v) is 18.4. The van der Waals surface area contributed by atoms with E-state index in [2.05, 4.69) is 71.0 Å². The molecule has 4 bridgehead atoms. The molecule has 2 aromatic carbocycles. The van der Waals surface area contributed by atoms with Crippen LogP contribution in [0.4, 0.5) is 0 Å². The van der Waals surface area contributed by atoms with Crippen molar-refractivity contribution in [1.29, 1.82) is 0 Å². The standard InChI is InChI=1S/C28H36/c1-18-10-23(27(3,4)5)6-8-25(18)26-9-7-24(11-19(26)2)28-15-20-12-21(16-28)14-22(13-20)17-28/h6-11,20-22H,12-17H2,1-5H3. The molecule has 0 nitrogen and oxygen atoms in total. The number of benzene rings is 2. The maximum absolute atomic E-state index is 2.56. The fraction of sp³-hybridized carbons (Fsp3) is 0.571. The van der Waals surface area contributed by atoms with Gasteiger partial charge in [-0.3, -0.25) is 0 Å². The van der Waals surface area contributed by atoms with E-state index in [0.29, 0.717) is 5.41 Å². The summed E-state index contributed by atoms with van der Waals surface area (Å²) in [7, 11) is 0. The van der Waals surface area contributed by atoms with Crippen molar-refractivity contribution < 1.29 is 0 Å². The molecule has 0 saturated heterocycles. The van der Waals surface area contributed by atoms with E-state index < -0.39 is 0 Å². The molecule has 4 saturated carbocycles. The van der Waals surface area contributed by atoms with Gasteiger partial charge in [0.2, 0.25) is 0 Å². The zero-order valence-electron chi connectivity index (χ0n) is 18.4. The summed E-state index contributed by atoms with van der Waals surface area (Å²) in [5, 5.41) is 0. The Morgan fingerprint density at radius 2 is 1.21 bits per heavy atom. The highest BCUT2D eigenvalue weighted by Crippen LogP contribution is 2.60. The molecule has 0 aromatic heterocycles. The minimum absolute atomic E-state index is 0.209. The van der Waals surface area contributed by atoms with Crippen molar-refractivity contribution in [3.8, 4) is 11.1 Å². The van der Waals surface area contributed by atoms with Gasteiger partial charge >= 0.3 is 0 Å². The molecule has 148 valence electrons. The van der Waals surface area contributed by atoms with E-state index in [-0.39, 0.29) is 5.41 Å². The SMILES string of the molecule is Cc1cc(C(C)(C)C)ccc1-c1ccc(C23CC4CC(CC(C4)C2)C3)cc1C. The molecule has 0 amide bonds. The largest absolute Gasteiger partial charge is 0.0579 e. The molecule has 28 heavy (non-hydrogen) atoms. The number of rotatable bonds is 2. The summed E-state index contributed by atoms with van der Waals surface area (Å²) in [5.74, 6) is 3.04. The lowest BCUT2D eigenvalue weighted by atomic mass is 9.48. The van der Waals surface area contributed by atoms with Crippen molar-refractivity contribution >= 4 is 0 Å². The Labute approximate surface area is 171 Å². The Morgan fingerprint density at radius 3 is 1.68 bits per heavy atom. The first-order valence-corrected chi connectivity index (χ1v) is 11.5. The van der Waals surface area contributed by atoms with Gasteiger partial charge in [0.15, 0.2) is 0 Å². The Morgan fingerprint density at radius 1 is 0.714 bits per heavy atom. The third-order valence-electron chi connectivity index (χ3n) is 8.26. The molecule has 4 aliphatic rings. The predicted molar refractivity (Wildman–Crippen MR) is 120 cm³/mol. The molecule has 0 radical (unpaired) electrons. The average molecular weight is 373 g/mol. The van der Waals surface area contributed by atoms with E-state index in [1.807, 2.05) is 0 Å². The molecule has 0 spiro atoms. The van der Waals surface area contributed by atoms with Crippen molar-refractivity contribution in [2.75, 3.05) is 0 Å². The molecule has 0 atom stereocenters. The molecular weight excluding hydrogens is 336 g/mol. The second-order valence-corrected chi connectivity index (χ2v) is 11.5. The van der Waals surface area contributed by atoms with Crippen molar-refractivity contribution in [2.24, 2.45) is 17.8 Å². The molecular formula is C28H36. The minimum atomic E-state index is 0.209. The lowest BCUT2D eigenvalue weighted by Crippen LogP contribution is -2.48. The second-order valence-electron chi connectivity index (χ2n) is 11.5. The highest BCUT2D eigenvalue weighted by molar-refractivity contribution is 5.71. The topological polar surface area (TPSA) is 0 Å². The maximum Gasteiger partial charge on any atom is -0.00390 e. The molecule has 4 aliphatic carbocycles. The first-order chi connectivity index (χ1) is 13.2. The van der Waals surface area contributed by atoms with Crippen LogP contribution in [0.2, 0.25) is 0 Å². The van der Waals surface area contributed by atoms with Crippen LogP contribution in [0.5, 0.6) is 0 Å². The van der Waals surface area contributed by atoms with Gasteiger partial charge in [-0.05, 0) is 114 Å².